The van der Waals surface area contributed by atoms with E-state index in [1.165, 1.54) is 0 Å². The van der Waals surface area contributed by atoms with Crippen molar-refractivity contribution in [2.45, 2.75) is 13.3 Å². The van der Waals surface area contributed by atoms with Crippen LogP contribution in [0.4, 0.5) is 5.82 Å². The first-order chi connectivity index (χ1) is 8.22. The minimum absolute atomic E-state index is 0.0853. The highest BCUT2D eigenvalue weighted by Crippen LogP contribution is 2.07. The van der Waals surface area contributed by atoms with Crippen molar-refractivity contribution < 1.29 is 4.79 Å². The lowest BCUT2D eigenvalue weighted by molar-refractivity contribution is 0.0767. The SMILES string of the molecule is CCN(CCC#N)C(=O)c1ccc(NC)nc1. The molecule has 90 valence electrons. The normalized spacial score (nSPS) is 9.47. The molecule has 17 heavy (non-hydrogen) atoms. The number of nitriles is 1. The van der Waals surface area contributed by atoms with E-state index in [2.05, 4.69) is 10.3 Å². The predicted molar refractivity (Wildman–Crippen MR) is 65.6 cm³/mol. The Morgan fingerprint density at radius 1 is 1.59 bits per heavy atom. The monoisotopic (exact) mass is 232 g/mol. The van der Waals surface area contributed by atoms with Crippen LogP contribution < -0.4 is 5.32 Å². The van der Waals surface area contributed by atoms with Gasteiger partial charge in [-0.2, -0.15) is 5.26 Å². The van der Waals surface area contributed by atoms with Gasteiger partial charge < -0.3 is 10.2 Å². The molecule has 0 atom stereocenters. The summed E-state index contributed by atoms with van der Waals surface area (Å²) in [5.41, 5.74) is 0.545. The van der Waals surface area contributed by atoms with Gasteiger partial charge in [-0.15, -0.1) is 0 Å². The molecular formula is C12H16N4O. The van der Waals surface area contributed by atoms with Crippen LogP contribution in [-0.4, -0.2) is 35.9 Å². The van der Waals surface area contributed by atoms with Crippen LogP contribution in [0.1, 0.15) is 23.7 Å². The molecule has 0 fully saturated rings. The second-order valence-electron chi connectivity index (χ2n) is 3.48. The molecule has 0 aliphatic carbocycles. The van der Waals surface area contributed by atoms with E-state index in [4.69, 9.17) is 5.26 Å². The van der Waals surface area contributed by atoms with Crippen molar-refractivity contribution >= 4 is 11.7 Å². The van der Waals surface area contributed by atoms with Crippen LogP contribution in [0.5, 0.6) is 0 Å². The lowest BCUT2D eigenvalue weighted by Crippen LogP contribution is -2.31. The van der Waals surface area contributed by atoms with Gasteiger partial charge >= 0.3 is 0 Å². The van der Waals surface area contributed by atoms with E-state index in [-0.39, 0.29) is 5.91 Å². The standard InChI is InChI=1S/C12H16N4O/c1-3-16(8-4-7-13)12(17)10-5-6-11(14-2)15-9-10/h5-6,9H,3-4,8H2,1-2H3,(H,14,15). The predicted octanol–water partition coefficient (Wildman–Crippen LogP) is 1.50. The number of anilines is 1. The summed E-state index contributed by atoms with van der Waals surface area (Å²) in [6, 6.07) is 5.53. The molecule has 1 amide bonds. The summed E-state index contributed by atoms with van der Waals surface area (Å²) in [7, 11) is 1.77. The molecule has 1 rings (SSSR count). The van der Waals surface area contributed by atoms with Gasteiger partial charge in [-0.05, 0) is 19.1 Å². The number of carbonyl (C=O) groups excluding carboxylic acids is 1. The summed E-state index contributed by atoms with van der Waals surface area (Å²) in [6.07, 6.45) is 1.89. The lowest BCUT2D eigenvalue weighted by atomic mass is 10.2. The molecule has 1 heterocycles. The second kappa shape index (κ2) is 6.48. The van der Waals surface area contributed by atoms with Crippen LogP contribution in [0, 0.1) is 11.3 Å². The van der Waals surface area contributed by atoms with Gasteiger partial charge in [0.05, 0.1) is 18.1 Å². The number of pyridine rings is 1. The first-order valence-corrected chi connectivity index (χ1v) is 5.53. The maximum Gasteiger partial charge on any atom is 0.255 e. The Bertz CT molecular complexity index is 408. The maximum atomic E-state index is 12.0. The molecule has 1 aromatic rings. The lowest BCUT2D eigenvalue weighted by Gasteiger charge is -2.19. The summed E-state index contributed by atoms with van der Waals surface area (Å²) in [4.78, 5) is 17.8. The molecule has 0 bridgehead atoms. The molecule has 0 radical (unpaired) electrons. The number of rotatable bonds is 5. The fourth-order valence-corrected chi connectivity index (χ4v) is 1.44. The van der Waals surface area contributed by atoms with Gasteiger partial charge in [0.15, 0.2) is 0 Å². The highest BCUT2D eigenvalue weighted by Gasteiger charge is 2.13. The van der Waals surface area contributed by atoms with Gasteiger partial charge in [-0.1, -0.05) is 0 Å². The van der Waals surface area contributed by atoms with Crippen LogP contribution >= 0.6 is 0 Å². The van der Waals surface area contributed by atoms with E-state index < -0.39 is 0 Å². The summed E-state index contributed by atoms with van der Waals surface area (Å²) >= 11 is 0. The van der Waals surface area contributed by atoms with Crippen molar-refractivity contribution in [3.8, 4) is 6.07 Å². The quantitative estimate of drug-likeness (QED) is 0.835. The highest BCUT2D eigenvalue weighted by molar-refractivity contribution is 5.94. The average Bonchev–Trinajstić information content (AvgIpc) is 2.39. The Labute approximate surface area is 101 Å². The topological polar surface area (TPSA) is 69.0 Å². The van der Waals surface area contributed by atoms with Crippen LogP contribution in [0.15, 0.2) is 18.3 Å². The van der Waals surface area contributed by atoms with E-state index in [1.807, 2.05) is 13.0 Å². The van der Waals surface area contributed by atoms with E-state index in [0.717, 1.165) is 5.82 Å². The molecular weight excluding hydrogens is 216 g/mol. The third kappa shape index (κ3) is 3.45. The molecule has 5 nitrogen and oxygen atoms in total. The van der Waals surface area contributed by atoms with Crippen molar-refractivity contribution in [2.75, 3.05) is 25.5 Å². The molecule has 0 saturated carbocycles. The number of aromatic nitrogens is 1. The van der Waals surface area contributed by atoms with Gasteiger partial charge in [-0.25, -0.2) is 4.98 Å². The van der Waals surface area contributed by atoms with Crippen molar-refractivity contribution in [1.82, 2.24) is 9.88 Å². The smallest absolute Gasteiger partial charge is 0.255 e. The summed E-state index contributed by atoms with van der Waals surface area (Å²) in [5, 5.41) is 11.4. The number of carbonyl (C=O) groups is 1. The molecule has 1 N–H and O–H groups in total. The zero-order valence-corrected chi connectivity index (χ0v) is 10.1. The largest absolute Gasteiger partial charge is 0.373 e. The van der Waals surface area contributed by atoms with Crippen LogP contribution in [0.2, 0.25) is 0 Å². The Hall–Kier alpha value is -2.09. The van der Waals surface area contributed by atoms with Crippen LogP contribution in [-0.2, 0) is 0 Å². The Morgan fingerprint density at radius 2 is 2.35 bits per heavy atom. The maximum absolute atomic E-state index is 12.0. The number of amides is 1. The summed E-state index contributed by atoms with van der Waals surface area (Å²) in [5.74, 6) is 0.638. The molecule has 0 unspecified atom stereocenters. The first-order valence-electron chi connectivity index (χ1n) is 5.53. The Balaban J connectivity index is 2.75. The van der Waals surface area contributed by atoms with Crippen molar-refractivity contribution in [2.24, 2.45) is 0 Å². The fourth-order valence-electron chi connectivity index (χ4n) is 1.44. The summed E-state index contributed by atoms with van der Waals surface area (Å²) in [6.45, 7) is 2.94. The van der Waals surface area contributed by atoms with Gasteiger partial charge in [0.25, 0.3) is 5.91 Å². The van der Waals surface area contributed by atoms with E-state index in [1.54, 1.807) is 30.3 Å². The first kappa shape index (κ1) is 13.0. The second-order valence-corrected chi connectivity index (χ2v) is 3.48. The van der Waals surface area contributed by atoms with Gasteiger partial charge in [0.1, 0.15) is 5.82 Å². The molecule has 0 aliphatic heterocycles. The van der Waals surface area contributed by atoms with Crippen LogP contribution in [0.25, 0.3) is 0 Å². The Kier molecular flexibility index (Phi) is 4.95. The van der Waals surface area contributed by atoms with Crippen molar-refractivity contribution in [3.05, 3.63) is 23.9 Å². The van der Waals surface area contributed by atoms with Crippen molar-refractivity contribution in [1.29, 1.82) is 5.26 Å². The molecule has 0 spiro atoms. The number of nitrogens with one attached hydrogen (secondary N) is 1. The highest BCUT2D eigenvalue weighted by atomic mass is 16.2. The average molecular weight is 232 g/mol. The van der Waals surface area contributed by atoms with E-state index in [0.29, 0.717) is 25.1 Å². The number of nitrogens with zero attached hydrogens (tertiary/aromatic N) is 3. The minimum Gasteiger partial charge on any atom is -0.373 e. The molecule has 0 saturated heterocycles. The van der Waals surface area contributed by atoms with Crippen LogP contribution in [0.3, 0.4) is 0 Å². The Morgan fingerprint density at radius 3 is 2.82 bits per heavy atom. The summed E-state index contributed by atoms with van der Waals surface area (Å²) < 4.78 is 0. The van der Waals surface area contributed by atoms with Crippen molar-refractivity contribution in [3.63, 3.8) is 0 Å². The molecule has 0 aliphatic rings. The number of hydrogen-bond acceptors (Lipinski definition) is 4. The third-order valence-corrected chi connectivity index (χ3v) is 2.43. The van der Waals surface area contributed by atoms with Gasteiger partial charge in [0.2, 0.25) is 0 Å². The van der Waals surface area contributed by atoms with Gasteiger partial charge in [-0.3, -0.25) is 4.79 Å². The van der Waals surface area contributed by atoms with E-state index in [9.17, 15) is 4.79 Å². The molecule has 5 heteroatoms. The fraction of sp³-hybridized carbons (Fsp3) is 0.417. The minimum atomic E-state index is -0.0853. The molecule has 1 aromatic heterocycles. The molecule has 0 aromatic carbocycles. The third-order valence-electron chi connectivity index (χ3n) is 2.43. The van der Waals surface area contributed by atoms with Gasteiger partial charge in [0, 0.05) is 26.3 Å². The van der Waals surface area contributed by atoms with E-state index >= 15 is 0 Å². The number of hydrogen-bond donors (Lipinski definition) is 1. The zero-order valence-electron chi connectivity index (χ0n) is 10.1. The zero-order chi connectivity index (χ0) is 12.7.